The molecule has 17 heavy (non-hydrogen) atoms. The summed E-state index contributed by atoms with van der Waals surface area (Å²) >= 11 is 8.80. The highest BCUT2D eigenvalue weighted by Gasteiger charge is 2.18. The Balaban J connectivity index is 2.34. The molecule has 3 nitrogen and oxygen atoms in total. The number of nitrogens with one attached hydrogen (secondary N) is 1. The fourth-order valence-electron chi connectivity index (χ4n) is 1.68. The van der Waals surface area contributed by atoms with Crippen LogP contribution in [0.15, 0.2) is 26.7 Å². The number of nitrogens with zero attached hydrogens (tertiary/aromatic N) is 2. The second-order valence-electron chi connectivity index (χ2n) is 3.71. The van der Waals surface area contributed by atoms with Crippen LogP contribution in [0.2, 0.25) is 0 Å². The van der Waals surface area contributed by atoms with E-state index in [0.717, 1.165) is 14.8 Å². The van der Waals surface area contributed by atoms with E-state index in [1.54, 1.807) is 11.3 Å². The molecule has 0 aliphatic heterocycles. The molecule has 0 spiro atoms. The highest BCUT2D eigenvalue weighted by atomic mass is 79.9. The maximum atomic E-state index is 4.23. The van der Waals surface area contributed by atoms with Crippen LogP contribution in [0.1, 0.15) is 23.4 Å². The van der Waals surface area contributed by atoms with Crippen molar-refractivity contribution < 1.29 is 0 Å². The minimum Gasteiger partial charge on any atom is -0.306 e. The van der Waals surface area contributed by atoms with Gasteiger partial charge in [-0.25, -0.2) is 0 Å². The molecular weight excluding hydrogens is 366 g/mol. The minimum absolute atomic E-state index is 0.210. The number of thiophene rings is 1. The van der Waals surface area contributed by atoms with E-state index >= 15 is 0 Å². The van der Waals surface area contributed by atoms with Crippen molar-refractivity contribution in [2.75, 3.05) is 6.54 Å². The van der Waals surface area contributed by atoms with Crippen LogP contribution >= 0.6 is 43.2 Å². The standard InChI is InChI=1S/C11H13Br2N3S/c1-3-14-10(7-5-15-16(2)6-7)9-4-8(12)11(13)17-9/h4-6,10,14H,3H2,1-2H3. The average molecular weight is 379 g/mol. The van der Waals surface area contributed by atoms with Crippen LogP contribution in [0.25, 0.3) is 0 Å². The Bertz CT molecular complexity index is 487. The lowest BCUT2D eigenvalue weighted by Gasteiger charge is -2.14. The minimum atomic E-state index is 0.210. The van der Waals surface area contributed by atoms with E-state index in [1.165, 1.54) is 10.4 Å². The van der Waals surface area contributed by atoms with E-state index in [4.69, 9.17) is 0 Å². The molecule has 92 valence electrons. The Hall–Kier alpha value is -0.170. The van der Waals surface area contributed by atoms with Gasteiger partial charge >= 0.3 is 0 Å². The fourth-order valence-corrected chi connectivity index (χ4v) is 3.88. The predicted molar refractivity (Wildman–Crippen MR) is 78.4 cm³/mol. The van der Waals surface area contributed by atoms with Gasteiger partial charge in [-0.15, -0.1) is 11.3 Å². The smallest absolute Gasteiger partial charge is 0.0843 e. The molecule has 0 aliphatic carbocycles. The molecule has 2 rings (SSSR count). The third kappa shape index (κ3) is 2.99. The zero-order chi connectivity index (χ0) is 12.4. The van der Waals surface area contributed by atoms with Gasteiger partial charge in [0, 0.05) is 28.2 Å². The van der Waals surface area contributed by atoms with Gasteiger partial charge < -0.3 is 5.32 Å². The predicted octanol–water partition coefficient (Wildman–Crippen LogP) is 3.71. The van der Waals surface area contributed by atoms with Crippen LogP contribution in [0.5, 0.6) is 0 Å². The summed E-state index contributed by atoms with van der Waals surface area (Å²) in [5.41, 5.74) is 1.19. The third-order valence-corrected chi connectivity index (χ3v) is 5.74. The zero-order valence-electron chi connectivity index (χ0n) is 9.58. The van der Waals surface area contributed by atoms with Crippen LogP contribution < -0.4 is 5.32 Å². The van der Waals surface area contributed by atoms with Crippen molar-refractivity contribution in [3.05, 3.63) is 37.2 Å². The lowest BCUT2D eigenvalue weighted by molar-refractivity contribution is 0.638. The Morgan fingerprint density at radius 1 is 1.53 bits per heavy atom. The Morgan fingerprint density at radius 2 is 2.29 bits per heavy atom. The first kappa shape index (κ1) is 13.3. The van der Waals surface area contributed by atoms with Crippen LogP contribution in [0.4, 0.5) is 0 Å². The molecule has 0 fully saturated rings. The van der Waals surface area contributed by atoms with Crippen molar-refractivity contribution >= 4 is 43.2 Å². The maximum absolute atomic E-state index is 4.23. The summed E-state index contributed by atoms with van der Waals surface area (Å²) in [6.45, 7) is 3.04. The van der Waals surface area contributed by atoms with Crippen LogP contribution in [0.3, 0.4) is 0 Å². The topological polar surface area (TPSA) is 29.9 Å². The van der Waals surface area contributed by atoms with E-state index < -0.39 is 0 Å². The summed E-state index contributed by atoms with van der Waals surface area (Å²) in [6, 6.07) is 2.36. The monoisotopic (exact) mass is 377 g/mol. The van der Waals surface area contributed by atoms with Gasteiger partial charge in [0.05, 0.1) is 16.0 Å². The van der Waals surface area contributed by atoms with Crippen molar-refractivity contribution in [2.45, 2.75) is 13.0 Å². The lowest BCUT2D eigenvalue weighted by Crippen LogP contribution is -2.20. The van der Waals surface area contributed by atoms with Gasteiger partial charge in [0.25, 0.3) is 0 Å². The first-order valence-corrected chi connectivity index (χ1v) is 7.68. The molecule has 1 atom stereocenters. The Kier molecular flexibility index (Phi) is 4.41. The van der Waals surface area contributed by atoms with Gasteiger partial charge in [-0.3, -0.25) is 4.68 Å². The first-order chi connectivity index (χ1) is 8.11. The summed E-state index contributed by atoms with van der Waals surface area (Å²) in [5.74, 6) is 0. The van der Waals surface area contributed by atoms with Crippen LogP contribution in [-0.4, -0.2) is 16.3 Å². The summed E-state index contributed by atoms with van der Waals surface area (Å²) in [4.78, 5) is 1.28. The van der Waals surface area contributed by atoms with Crippen molar-refractivity contribution in [3.8, 4) is 0 Å². The molecular formula is C11H13Br2N3S. The van der Waals surface area contributed by atoms with Gasteiger partial charge in [-0.2, -0.15) is 5.10 Å². The van der Waals surface area contributed by atoms with Crippen molar-refractivity contribution in [1.82, 2.24) is 15.1 Å². The lowest BCUT2D eigenvalue weighted by atomic mass is 10.1. The highest BCUT2D eigenvalue weighted by Crippen LogP contribution is 2.37. The fraction of sp³-hybridized carbons (Fsp3) is 0.364. The van der Waals surface area contributed by atoms with Gasteiger partial charge in [-0.1, -0.05) is 6.92 Å². The number of halogens is 2. The molecule has 0 saturated carbocycles. The normalized spacial score (nSPS) is 12.9. The van der Waals surface area contributed by atoms with E-state index in [2.05, 4.69) is 61.5 Å². The summed E-state index contributed by atoms with van der Waals surface area (Å²) in [7, 11) is 1.94. The SMILES string of the molecule is CCNC(c1cnn(C)c1)c1cc(Br)c(Br)s1. The molecule has 0 aliphatic rings. The Morgan fingerprint density at radius 3 is 2.76 bits per heavy atom. The number of aromatic nitrogens is 2. The molecule has 2 aromatic rings. The third-order valence-electron chi connectivity index (χ3n) is 2.42. The summed E-state index contributed by atoms with van der Waals surface area (Å²) in [5, 5.41) is 7.72. The Labute approximate surface area is 121 Å². The molecule has 0 saturated heterocycles. The molecule has 2 heterocycles. The van der Waals surface area contributed by atoms with Crippen molar-refractivity contribution in [2.24, 2.45) is 7.05 Å². The largest absolute Gasteiger partial charge is 0.306 e. The second-order valence-corrected chi connectivity index (χ2v) is 6.96. The molecule has 0 amide bonds. The maximum Gasteiger partial charge on any atom is 0.0843 e. The zero-order valence-corrected chi connectivity index (χ0v) is 13.6. The number of hydrogen-bond donors (Lipinski definition) is 1. The van der Waals surface area contributed by atoms with Gasteiger partial charge in [0.15, 0.2) is 0 Å². The molecule has 0 radical (unpaired) electrons. The second kappa shape index (κ2) is 5.65. The molecule has 1 N–H and O–H groups in total. The molecule has 0 aromatic carbocycles. The van der Waals surface area contributed by atoms with Crippen LogP contribution in [0, 0.1) is 0 Å². The van der Waals surface area contributed by atoms with Gasteiger partial charge in [0.2, 0.25) is 0 Å². The van der Waals surface area contributed by atoms with E-state index in [0.29, 0.717) is 0 Å². The van der Waals surface area contributed by atoms with Crippen molar-refractivity contribution in [3.63, 3.8) is 0 Å². The summed E-state index contributed by atoms with van der Waals surface area (Å²) < 4.78 is 4.06. The molecule has 6 heteroatoms. The van der Waals surface area contributed by atoms with E-state index in [1.807, 2.05) is 17.9 Å². The number of rotatable bonds is 4. The molecule has 2 aromatic heterocycles. The highest BCUT2D eigenvalue weighted by molar-refractivity contribution is 9.13. The van der Waals surface area contributed by atoms with E-state index in [9.17, 15) is 0 Å². The quantitative estimate of drug-likeness (QED) is 0.878. The first-order valence-electron chi connectivity index (χ1n) is 5.28. The van der Waals surface area contributed by atoms with Gasteiger partial charge in [-0.05, 0) is 44.5 Å². The molecule has 1 unspecified atom stereocenters. The average Bonchev–Trinajstić information content (AvgIpc) is 2.83. The van der Waals surface area contributed by atoms with Crippen LogP contribution in [-0.2, 0) is 7.05 Å². The van der Waals surface area contributed by atoms with Crippen molar-refractivity contribution in [1.29, 1.82) is 0 Å². The molecule has 0 bridgehead atoms. The number of hydrogen-bond acceptors (Lipinski definition) is 3. The summed E-state index contributed by atoms with van der Waals surface area (Å²) in [6.07, 6.45) is 3.96. The van der Waals surface area contributed by atoms with E-state index in [-0.39, 0.29) is 6.04 Å². The van der Waals surface area contributed by atoms with Gasteiger partial charge in [0.1, 0.15) is 0 Å². The number of aryl methyl sites for hydroxylation is 1.